The first-order valence-corrected chi connectivity index (χ1v) is 5.56. The van der Waals surface area contributed by atoms with Crippen LogP contribution in [0, 0.1) is 6.92 Å². The van der Waals surface area contributed by atoms with Gasteiger partial charge in [0.25, 0.3) is 0 Å². The first kappa shape index (κ1) is 13.7. The summed E-state index contributed by atoms with van der Waals surface area (Å²) in [5.74, 6) is -0.900. The van der Waals surface area contributed by atoms with E-state index in [0.29, 0.717) is 13.0 Å². The van der Waals surface area contributed by atoms with E-state index >= 15 is 0 Å². The zero-order valence-electron chi connectivity index (χ0n) is 10.3. The van der Waals surface area contributed by atoms with Gasteiger partial charge in [-0.15, -0.1) is 0 Å². The maximum atomic E-state index is 11.5. The normalized spacial score (nSPS) is 14.3. The van der Waals surface area contributed by atoms with Crippen LogP contribution in [0.3, 0.4) is 0 Å². The molecule has 0 saturated carbocycles. The fourth-order valence-corrected chi connectivity index (χ4v) is 1.90. The van der Waals surface area contributed by atoms with Gasteiger partial charge in [0.15, 0.2) is 0 Å². The number of carbonyl (C=O) groups is 1. The first-order chi connectivity index (χ1) is 8.06. The van der Waals surface area contributed by atoms with E-state index < -0.39 is 11.4 Å². The Morgan fingerprint density at radius 3 is 2.71 bits per heavy atom. The van der Waals surface area contributed by atoms with Crippen molar-refractivity contribution in [3.05, 3.63) is 35.4 Å². The van der Waals surface area contributed by atoms with Crippen molar-refractivity contribution in [3.63, 3.8) is 0 Å². The molecule has 1 aromatic carbocycles. The summed E-state index contributed by atoms with van der Waals surface area (Å²) in [5, 5.41) is 9.46. The number of rotatable bonds is 6. The van der Waals surface area contributed by atoms with Crippen LogP contribution in [-0.2, 0) is 14.9 Å². The molecule has 1 atom stereocenters. The number of benzene rings is 1. The number of hydrogen-bond donors (Lipinski definition) is 2. The predicted molar refractivity (Wildman–Crippen MR) is 66.0 cm³/mol. The van der Waals surface area contributed by atoms with Gasteiger partial charge in [-0.1, -0.05) is 29.8 Å². The molecule has 0 radical (unpaired) electrons. The number of aryl methyl sites for hydroxylation is 1. The van der Waals surface area contributed by atoms with E-state index in [4.69, 9.17) is 10.5 Å². The van der Waals surface area contributed by atoms with E-state index in [1.165, 1.54) is 0 Å². The molecule has 0 aliphatic rings. The molecule has 4 nitrogen and oxygen atoms in total. The second-order valence-electron chi connectivity index (χ2n) is 4.20. The molecule has 0 saturated heterocycles. The smallest absolute Gasteiger partial charge is 0.315 e. The van der Waals surface area contributed by atoms with Gasteiger partial charge in [0, 0.05) is 20.3 Å². The summed E-state index contributed by atoms with van der Waals surface area (Å²) >= 11 is 0. The van der Waals surface area contributed by atoms with Gasteiger partial charge < -0.3 is 15.6 Å². The van der Waals surface area contributed by atoms with Crippen molar-refractivity contribution in [3.8, 4) is 0 Å². The maximum absolute atomic E-state index is 11.5. The molecule has 0 heterocycles. The Kier molecular flexibility index (Phi) is 4.66. The van der Waals surface area contributed by atoms with Crippen LogP contribution in [0.15, 0.2) is 24.3 Å². The highest BCUT2D eigenvalue weighted by atomic mass is 16.5. The van der Waals surface area contributed by atoms with Crippen LogP contribution < -0.4 is 5.73 Å². The Hall–Kier alpha value is -1.39. The molecule has 3 N–H and O–H groups in total. The Balaban J connectivity index is 3.16. The molecule has 1 aromatic rings. The van der Waals surface area contributed by atoms with E-state index in [2.05, 4.69) is 0 Å². The standard InChI is InChI=1S/C13H19NO3/c1-10-4-3-5-11(8-10)13(9-14,12(15)16)6-7-17-2/h3-5,8H,6-7,9,14H2,1-2H3,(H,15,16). The van der Waals surface area contributed by atoms with E-state index in [9.17, 15) is 9.90 Å². The van der Waals surface area contributed by atoms with Crippen molar-refractivity contribution < 1.29 is 14.6 Å². The fraction of sp³-hybridized carbons (Fsp3) is 0.462. The van der Waals surface area contributed by atoms with Crippen LogP contribution in [0.25, 0.3) is 0 Å². The molecule has 0 amide bonds. The maximum Gasteiger partial charge on any atom is 0.315 e. The van der Waals surface area contributed by atoms with Crippen molar-refractivity contribution in [2.75, 3.05) is 20.3 Å². The van der Waals surface area contributed by atoms with Gasteiger partial charge in [-0.2, -0.15) is 0 Å². The van der Waals surface area contributed by atoms with Crippen LogP contribution in [0.1, 0.15) is 17.5 Å². The topological polar surface area (TPSA) is 72.5 Å². The number of nitrogens with two attached hydrogens (primary N) is 1. The van der Waals surface area contributed by atoms with Gasteiger partial charge in [-0.25, -0.2) is 0 Å². The molecule has 17 heavy (non-hydrogen) atoms. The van der Waals surface area contributed by atoms with E-state index in [1.807, 2.05) is 31.2 Å². The number of carboxylic acid groups (broad SMARTS) is 1. The molecule has 94 valence electrons. The number of carboxylic acids is 1. The highest BCUT2D eigenvalue weighted by molar-refractivity contribution is 5.81. The number of aliphatic carboxylic acids is 1. The summed E-state index contributed by atoms with van der Waals surface area (Å²) < 4.78 is 4.98. The molecule has 0 bridgehead atoms. The van der Waals surface area contributed by atoms with Gasteiger partial charge in [0.2, 0.25) is 0 Å². The van der Waals surface area contributed by atoms with Crippen molar-refractivity contribution in [1.82, 2.24) is 0 Å². The van der Waals surface area contributed by atoms with Crippen LogP contribution in [0.2, 0.25) is 0 Å². The monoisotopic (exact) mass is 237 g/mol. The van der Waals surface area contributed by atoms with Gasteiger partial charge in [-0.3, -0.25) is 4.79 Å². The lowest BCUT2D eigenvalue weighted by Gasteiger charge is -2.28. The second-order valence-corrected chi connectivity index (χ2v) is 4.20. The molecule has 1 unspecified atom stereocenters. The largest absolute Gasteiger partial charge is 0.481 e. The molecule has 0 aliphatic heterocycles. The van der Waals surface area contributed by atoms with E-state index in [0.717, 1.165) is 11.1 Å². The van der Waals surface area contributed by atoms with Crippen molar-refractivity contribution >= 4 is 5.97 Å². The first-order valence-electron chi connectivity index (χ1n) is 5.56. The highest BCUT2D eigenvalue weighted by Gasteiger charge is 2.38. The average molecular weight is 237 g/mol. The fourth-order valence-electron chi connectivity index (χ4n) is 1.90. The van der Waals surface area contributed by atoms with Crippen molar-refractivity contribution in [1.29, 1.82) is 0 Å². The minimum atomic E-state index is -1.05. The Morgan fingerprint density at radius 2 is 2.24 bits per heavy atom. The Bertz CT molecular complexity index is 392. The molecule has 4 heteroatoms. The summed E-state index contributed by atoms with van der Waals surface area (Å²) in [4.78, 5) is 11.5. The lowest BCUT2D eigenvalue weighted by Crippen LogP contribution is -2.44. The third kappa shape index (κ3) is 2.84. The number of methoxy groups -OCH3 is 1. The van der Waals surface area contributed by atoms with E-state index in [-0.39, 0.29) is 6.54 Å². The van der Waals surface area contributed by atoms with Gasteiger partial charge in [-0.05, 0) is 18.9 Å². The zero-order chi connectivity index (χ0) is 12.9. The minimum Gasteiger partial charge on any atom is -0.481 e. The Morgan fingerprint density at radius 1 is 1.53 bits per heavy atom. The molecule has 0 aliphatic carbocycles. The average Bonchev–Trinajstić information content (AvgIpc) is 2.30. The molecule has 0 spiro atoms. The van der Waals surface area contributed by atoms with Gasteiger partial charge >= 0.3 is 5.97 Å². The summed E-state index contributed by atoms with van der Waals surface area (Å²) in [6, 6.07) is 7.47. The molecule has 0 aromatic heterocycles. The zero-order valence-corrected chi connectivity index (χ0v) is 10.3. The summed E-state index contributed by atoms with van der Waals surface area (Å²) in [6.07, 6.45) is 0.374. The minimum absolute atomic E-state index is 0.0646. The lowest BCUT2D eigenvalue weighted by atomic mass is 9.77. The number of hydrogen-bond acceptors (Lipinski definition) is 3. The molecular formula is C13H19NO3. The SMILES string of the molecule is COCCC(CN)(C(=O)O)c1cccc(C)c1. The quantitative estimate of drug-likeness (QED) is 0.782. The van der Waals surface area contributed by atoms with Gasteiger partial charge in [0.1, 0.15) is 5.41 Å². The summed E-state index contributed by atoms with van der Waals surface area (Å²) in [6.45, 7) is 2.37. The lowest BCUT2D eigenvalue weighted by molar-refractivity contribution is -0.144. The third-order valence-electron chi connectivity index (χ3n) is 3.06. The third-order valence-corrected chi connectivity index (χ3v) is 3.06. The molecule has 0 fully saturated rings. The second kappa shape index (κ2) is 5.80. The van der Waals surface area contributed by atoms with Crippen molar-refractivity contribution in [2.24, 2.45) is 5.73 Å². The predicted octanol–water partition coefficient (Wildman–Crippen LogP) is 1.31. The van der Waals surface area contributed by atoms with Crippen LogP contribution in [0.5, 0.6) is 0 Å². The summed E-state index contributed by atoms with van der Waals surface area (Å²) in [5.41, 5.74) is 6.41. The Labute approximate surface area is 101 Å². The van der Waals surface area contributed by atoms with E-state index in [1.54, 1.807) is 7.11 Å². The van der Waals surface area contributed by atoms with Crippen molar-refractivity contribution in [2.45, 2.75) is 18.8 Å². The van der Waals surface area contributed by atoms with Gasteiger partial charge in [0.05, 0.1) is 0 Å². The van der Waals surface area contributed by atoms with Crippen LogP contribution in [-0.4, -0.2) is 31.3 Å². The van der Waals surface area contributed by atoms with Crippen LogP contribution in [0.4, 0.5) is 0 Å². The highest BCUT2D eigenvalue weighted by Crippen LogP contribution is 2.28. The molecule has 1 rings (SSSR count). The summed E-state index contributed by atoms with van der Waals surface area (Å²) in [7, 11) is 1.55. The number of ether oxygens (including phenoxy) is 1. The molecular weight excluding hydrogens is 218 g/mol. The van der Waals surface area contributed by atoms with Crippen LogP contribution >= 0.6 is 0 Å².